The summed E-state index contributed by atoms with van der Waals surface area (Å²) in [5.74, 6) is 0.536. The minimum absolute atomic E-state index is 0. The number of nitriles is 1. The number of fused-ring (bicyclic) bond motifs is 1. The lowest BCUT2D eigenvalue weighted by Gasteiger charge is -2.23. The maximum absolute atomic E-state index is 9.63. The van der Waals surface area contributed by atoms with E-state index in [-0.39, 0.29) is 24.6 Å². The molecular weight excluding hydrogens is 468 g/mol. The van der Waals surface area contributed by atoms with E-state index < -0.39 is 0 Å². The first-order valence-corrected chi connectivity index (χ1v) is 11.6. The summed E-state index contributed by atoms with van der Waals surface area (Å²) >= 11 is 0. The number of pyridine rings is 1. The fraction of sp³-hybridized carbons (Fsp3) is 0.478. The van der Waals surface area contributed by atoms with Gasteiger partial charge in [0.05, 0.1) is 24.1 Å². The van der Waals surface area contributed by atoms with Gasteiger partial charge in [-0.25, -0.2) is 13.9 Å². The van der Waals surface area contributed by atoms with Gasteiger partial charge in [0.15, 0.2) is 0 Å². The van der Waals surface area contributed by atoms with Crippen molar-refractivity contribution in [2.24, 2.45) is 0 Å². The Labute approximate surface area is 209 Å². The molecule has 1 aliphatic heterocycles. The molecule has 1 aliphatic rings. The Bertz CT molecular complexity index is 1360. The maximum Gasteiger partial charge on any atom is 0.148 e. The van der Waals surface area contributed by atoms with Gasteiger partial charge in [0.1, 0.15) is 40.4 Å². The molecule has 5 rings (SSSR count). The Morgan fingerprint density at radius 3 is 2.60 bits per heavy atom. The predicted molar refractivity (Wildman–Crippen MR) is 131 cm³/mol. The first kappa shape index (κ1) is 24.6. The predicted octanol–water partition coefficient (Wildman–Crippen LogP) is 3.43. The van der Waals surface area contributed by atoms with E-state index >= 15 is 0 Å². The molecule has 1 saturated heterocycles. The largest absolute Gasteiger partial charge is 0.482 e. The molecule has 0 bridgehead atoms. The van der Waals surface area contributed by atoms with E-state index in [1.807, 2.05) is 50.8 Å². The number of hydrogen-bond donors (Lipinski definition) is 1. The van der Waals surface area contributed by atoms with Crippen LogP contribution in [0.4, 0.5) is 0 Å². The molecule has 0 spiro atoms. The monoisotopic (exact) mass is 496 g/mol. The van der Waals surface area contributed by atoms with Gasteiger partial charge in [0, 0.05) is 17.8 Å². The van der Waals surface area contributed by atoms with Crippen LogP contribution in [-0.4, -0.2) is 52.7 Å². The molecule has 0 aromatic carbocycles. The molecule has 11 nitrogen and oxygen atoms in total. The van der Waals surface area contributed by atoms with Gasteiger partial charge in [0.25, 0.3) is 0 Å². The van der Waals surface area contributed by atoms with E-state index in [0.717, 1.165) is 42.9 Å². The van der Waals surface area contributed by atoms with Crippen LogP contribution in [0.25, 0.3) is 16.8 Å². The second kappa shape index (κ2) is 10.0. The van der Waals surface area contributed by atoms with E-state index in [4.69, 9.17) is 4.74 Å². The average molecular weight is 497 g/mol. The molecule has 1 atom stereocenters. The summed E-state index contributed by atoms with van der Waals surface area (Å²) in [7, 11) is 0. The number of nitrogens with zero attached hydrogens (tertiary/aromatic N) is 9. The van der Waals surface area contributed by atoms with Crippen LogP contribution in [0.5, 0.6) is 5.75 Å². The molecule has 0 aliphatic carbocycles. The van der Waals surface area contributed by atoms with Crippen LogP contribution in [0, 0.1) is 18.3 Å². The van der Waals surface area contributed by atoms with E-state index in [2.05, 4.69) is 37.1 Å². The second-order valence-corrected chi connectivity index (χ2v) is 8.98. The smallest absolute Gasteiger partial charge is 0.148 e. The van der Waals surface area contributed by atoms with E-state index in [1.165, 1.54) is 0 Å². The fourth-order valence-electron chi connectivity index (χ4n) is 4.37. The second-order valence-electron chi connectivity index (χ2n) is 8.98. The topological polar surface area (TPSA) is 124 Å². The molecule has 1 N–H and O–H groups in total. The Morgan fingerprint density at radius 2 is 1.91 bits per heavy atom. The van der Waals surface area contributed by atoms with Crippen LogP contribution in [0.1, 0.15) is 68.8 Å². The van der Waals surface area contributed by atoms with Crippen molar-refractivity contribution >= 4 is 17.9 Å². The molecule has 35 heavy (non-hydrogen) atoms. The van der Waals surface area contributed by atoms with Crippen molar-refractivity contribution in [1.29, 1.82) is 5.26 Å². The van der Waals surface area contributed by atoms with Crippen LogP contribution in [0.2, 0.25) is 0 Å². The Hall–Kier alpha value is -3.49. The summed E-state index contributed by atoms with van der Waals surface area (Å²) in [4.78, 5) is 0. The normalized spacial score (nSPS) is 15.2. The zero-order chi connectivity index (χ0) is 23.8. The van der Waals surface area contributed by atoms with Gasteiger partial charge < -0.3 is 10.1 Å². The summed E-state index contributed by atoms with van der Waals surface area (Å²) in [6, 6.07) is 4.65. The van der Waals surface area contributed by atoms with E-state index in [1.54, 1.807) is 15.4 Å². The van der Waals surface area contributed by atoms with Crippen molar-refractivity contribution in [3.05, 3.63) is 41.6 Å². The molecule has 1 fully saturated rings. The Kier molecular flexibility index (Phi) is 7.05. The van der Waals surface area contributed by atoms with Crippen LogP contribution in [0.3, 0.4) is 0 Å². The lowest BCUT2D eigenvalue weighted by Crippen LogP contribution is -2.30. The lowest BCUT2D eigenvalue weighted by molar-refractivity contribution is 0.224. The molecule has 12 heteroatoms. The molecule has 0 amide bonds. The van der Waals surface area contributed by atoms with E-state index in [9.17, 15) is 5.26 Å². The van der Waals surface area contributed by atoms with Gasteiger partial charge in [-0.05, 0) is 59.7 Å². The number of aromatic nitrogens is 8. The van der Waals surface area contributed by atoms with Gasteiger partial charge in [-0.15, -0.1) is 22.6 Å². The van der Waals surface area contributed by atoms with Crippen molar-refractivity contribution in [1.82, 2.24) is 44.9 Å². The molecule has 5 heterocycles. The number of halogens is 1. The standard InChI is InChI=1S/C23H28N10O.ClH/c1-14(2)31-13-20(27-29-31)16(4)34-21-9-17(12-32-23(21)18(10-24)11-26-32)22-15(3)33(30-28-22)19-5-7-25-8-6-19;/h9,11-14,16,19,25H,5-8H2,1-4H3;1H. The molecular formula is C23H29ClN10O. The molecule has 0 saturated carbocycles. The van der Waals surface area contributed by atoms with Crippen molar-refractivity contribution in [3.63, 3.8) is 0 Å². The van der Waals surface area contributed by atoms with E-state index in [0.29, 0.717) is 28.6 Å². The third-order valence-electron chi connectivity index (χ3n) is 6.33. The highest BCUT2D eigenvalue weighted by Crippen LogP contribution is 2.34. The zero-order valence-electron chi connectivity index (χ0n) is 20.2. The number of piperidine rings is 1. The first-order chi connectivity index (χ1) is 16.5. The number of ether oxygens (including phenoxy) is 1. The number of hydrogen-bond acceptors (Lipinski definition) is 8. The van der Waals surface area contributed by atoms with Gasteiger partial charge in [-0.2, -0.15) is 10.4 Å². The summed E-state index contributed by atoms with van der Waals surface area (Å²) in [6.45, 7) is 10.0. The minimum Gasteiger partial charge on any atom is -0.482 e. The summed E-state index contributed by atoms with van der Waals surface area (Å²) in [6.07, 6.45) is 6.97. The average Bonchev–Trinajstić information content (AvgIpc) is 3.57. The minimum atomic E-state index is -0.375. The van der Waals surface area contributed by atoms with Gasteiger partial charge in [-0.3, -0.25) is 0 Å². The van der Waals surface area contributed by atoms with Gasteiger partial charge in [0.2, 0.25) is 0 Å². The molecule has 4 aromatic heterocycles. The summed E-state index contributed by atoms with van der Waals surface area (Å²) in [5, 5.41) is 34.8. The number of nitrogens with one attached hydrogen (secondary N) is 1. The van der Waals surface area contributed by atoms with Crippen molar-refractivity contribution in [2.75, 3.05) is 13.1 Å². The SMILES string of the molecule is Cc1c(-c2cc(OC(C)c3cn(C(C)C)nn3)c3c(C#N)cnn3c2)nnn1C1CCNCC1.Cl. The molecule has 4 aromatic rings. The highest BCUT2D eigenvalue weighted by molar-refractivity contribution is 5.85. The molecule has 184 valence electrons. The lowest BCUT2D eigenvalue weighted by atomic mass is 10.1. The van der Waals surface area contributed by atoms with Crippen molar-refractivity contribution in [3.8, 4) is 23.1 Å². The fourth-order valence-corrected chi connectivity index (χ4v) is 4.37. The van der Waals surface area contributed by atoms with Gasteiger partial charge in [-0.1, -0.05) is 10.4 Å². The zero-order valence-corrected chi connectivity index (χ0v) is 21.0. The van der Waals surface area contributed by atoms with Crippen molar-refractivity contribution < 1.29 is 4.74 Å². The Morgan fingerprint density at radius 1 is 1.14 bits per heavy atom. The summed E-state index contributed by atoms with van der Waals surface area (Å²) in [5.41, 5.74) is 4.36. The quantitative estimate of drug-likeness (QED) is 0.430. The van der Waals surface area contributed by atoms with Crippen LogP contribution < -0.4 is 10.1 Å². The first-order valence-electron chi connectivity index (χ1n) is 11.6. The van der Waals surface area contributed by atoms with Crippen LogP contribution in [0.15, 0.2) is 24.7 Å². The summed E-state index contributed by atoms with van der Waals surface area (Å²) < 4.78 is 11.8. The maximum atomic E-state index is 9.63. The van der Waals surface area contributed by atoms with Gasteiger partial charge >= 0.3 is 0 Å². The highest BCUT2D eigenvalue weighted by Gasteiger charge is 2.23. The molecule has 1 unspecified atom stereocenters. The van der Waals surface area contributed by atoms with Crippen molar-refractivity contribution in [2.45, 2.75) is 58.7 Å². The third kappa shape index (κ3) is 4.59. The Balaban J connectivity index is 0.00000289. The number of rotatable bonds is 6. The third-order valence-corrected chi connectivity index (χ3v) is 6.33. The highest BCUT2D eigenvalue weighted by atomic mass is 35.5. The van der Waals surface area contributed by atoms with Crippen LogP contribution >= 0.6 is 12.4 Å². The van der Waals surface area contributed by atoms with Crippen LogP contribution in [-0.2, 0) is 0 Å². The molecule has 0 radical (unpaired) electrons.